The van der Waals surface area contributed by atoms with E-state index in [0.29, 0.717) is 19.3 Å². The lowest BCUT2D eigenvalue weighted by Crippen LogP contribution is -2.34. The maximum Gasteiger partial charge on any atom is 0.472 e. The lowest BCUT2D eigenvalue weighted by Gasteiger charge is -2.20. The molecule has 0 spiro atoms. The standard InChI is InChI=1S/C47H86NO10P/c1-3-5-7-9-11-13-15-17-19-21-23-24-26-28-30-32-34-36-38-45(49)55-40-43(41-56-59(53,54)57-42-44(48)47(51)52)58-46(50)39-37-35-33-31-29-27-25-22-20-18-16-14-12-10-8-6-4-2/h18,20,25,27,31,33,43-44H,3-17,19,21-24,26,28-30,32,34-42,48H2,1-2H3,(H,51,52)(H,53,54)/b20-18+,27-25+,33-31+/t43-,44+/m1/s1. The van der Waals surface area contributed by atoms with Gasteiger partial charge >= 0.3 is 25.7 Å². The van der Waals surface area contributed by atoms with E-state index in [1.807, 2.05) is 12.2 Å². The Morgan fingerprint density at radius 1 is 0.525 bits per heavy atom. The molecular formula is C47H86NO10P. The number of allylic oxidation sites excluding steroid dienone is 6. The van der Waals surface area contributed by atoms with Crippen molar-refractivity contribution in [2.75, 3.05) is 19.8 Å². The number of aliphatic carboxylic acids is 1. The molecule has 3 atom stereocenters. The minimum absolute atomic E-state index is 0.0914. The van der Waals surface area contributed by atoms with Gasteiger partial charge in [0.1, 0.15) is 12.6 Å². The van der Waals surface area contributed by atoms with Crippen molar-refractivity contribution in [2.45, 2.75) is 225 Å². The normalized spacial score (nSPS) is 14.0. The molecule has 59 heavy (non-hydrogen) atoms. The van der Waals surface area contributed by atoms with Crippen LogP contribution in [-0.2, 0) is 37.5 Å². The van der Waals surface area contributed by atoms with Gasteiger partial charge in [-0.25, -0.2) is 4.57 Å². The maximum atomic E-state index is 12.6. The molecule has 0 aliphatic rings. The monoisotopic (exact) mass is 856 g/mol. The summed E-state index contributed by atoms with van der Waals surface area (Å²) in [5, 5.41) is 8.90. The Bertz CT molecular complexity index is 1140. The molecule has 0 bridgehead atoms. The summed E-state index contributed by atoms with van der Waals surface area (Å²) >= 11 is 0. The van der Waals surface area contributed by atoms with Crippen LogP contribution in [0.2, 0.25) is 0 Å². The van der Waals surface area contributed by atoms with Crippen molar-refractivity contribution in [3.05, 3.63) is 36.5 Å². The van der Waals surface area contributed by atoms with Gasteiger partial charge in [0.25, 0.3) is 0 Å². The summed E-state index contributed by atoms with van der Waals surface area (Å²) in [5.41, 5.74) is 5.34. The molecule has 0 aromatic carbocycles. The largest absolute Gasteiger partial charge is 0.480 e. The zero-order valence-corrected chi connectivity index (χ0v) is 38.2. The fourth-order valence-electron chi connectivity index (χ4n) is 6.43. The number of rotatable bonds is 44. The number of carboxylic acids is 1. The van der Waals surface area contributed by atoms with E-state index < -0.39 is 51.1 Å². The zero-order valence-electron chi connectivity index (χ0n) is 37.3. The number of esters is 2. The third kappa shape index (κ3) is 42.2. The van der Waals surface area contributed by atoms with Gasteiger partial charge in [-0.05, 0) is 44.9 Å². The lowest BCUT2D eigenvalue weighted by molar-refractivity contribution is -0.161. The second-order valence-electron chi connectivity index (χ2n) is 15.9. The molecule has 0 heterocycles. The van der Waals surface area contributed by atoms with E-state index >= 15 is 0 Å². The molecular weight excluding hydrogens is 769 g/mol. The average Bonchev–Trinajstić information content (AvgIpc) is 3.21. The predicted octanol–water partition coefficient (Wildman–Crippen LogP) is 12.8. The van der Waals surface area contributed by atoms with Gasteiger partial charge < -0.3 is 25.2 Å². The number of nitrogens with two attached hydrogens (primary N) is 1. The predicted molar refractivity (Wildman–Crippen MR) is 240 cm³/mol. The first-order valence-electron chi connectivity index (χ1n) is 23.5. The topological polar surface area (TPSA) is 172 Å². The van der Waals surface area contributed by atoms with E-state index in [2.05, 4.69) is 42.7 Å². The number of carbonyl (C=O) groups is 3. The third-order valence-electron chi connectivity index (χ3n) is 10.1. The zero-order chi connectivity index (χ0) is 43.5. The molecule has 0 saturated heterocycles. The van der Waals surface area contributed by atoms with Gasteiger partial charge in [0.2, 0.25) is 0 Å². The summed E-state index contributed by atoms with van der Waals surface area (Å²) in [4.78, 5) is 46.0. The summed E-state index contributed by atoms with van der Waals surface area (Å²) in [6.07, 6.45) is 46.4. The van der Waals surface area contributed by atoms with E-state index in [1.54, 1.807) is 0 Å². The highest BCUT2D eigenvalue weighted by atomic mass is 31.2. The van der Waals surface area contributed by atoms with Crippen LogP contribution in [0.15, 0.2) is 36.5 Å². The molecule has 0 aromatic rings. The quantitative estimate of drug-likeness (QED) is 0.0230. The molecule has 0 rings (SSSR count). The molecule has 0 saturated carbocycles. The van der Waals surface area contributed by atoms with Gasteiger partial charge in [-0.1, -0.05) is 192 Å². The van der Waals surface area contributed by atoms with Gasteiger partial charge in [-0.2, -0.15) is 0 Å². The summed E-state index contributed by atoms with van der Waals surface area (Å²) in [6, 6.07) is -1.53. The highest BCUT2D eigenvalue weighted by Gasteiger charge is 2.28. The summed E-state index contributed by atoms with van der Waals surface area (Å²) in [7, 11) is -4.73. The van der Waals surface area contributed by atoms with Gasteiger partial charge in [0, 0.05) is 12.8 Å². The molecule has 11 nitrogen and oxygen atoms in total. The van der Waals surface area contributed by atoms with E-state index in [9.17, 15) is 23.8 Å². The van der Waals surface area contributed by atoms with Gasteiger partial charge in [0.15, 0.2) is 6.10 Å². The fraction of sp³-hybridized carbons (Fsp3) is 0.809. The molecule has 0 aromatic heterocycles. The van der Waals surface area contributed by atoms with Gasteiger partial charge in [0.05, 0.1) is 13.2 Å². The molecule has 1 unspecified atom stereocenters. The number of hydrogen-bond acceptors (Lipinski definition) is 9. The molecule has 4 N–H and O–H groups in total. The van der Waals surface area contributed by atoms with Crippen LogP contribution >= 0.6 is 7.82 Å². The summed E-state index contributed by atoms with van der Waals surface area (Å²) in [5.74, 6) is -2.44. The second kappa shape index (κ2) is 42.4. The van der Waals surface area contributed by atoms with Crippen LogP contribution in [0, 0.1) is 0 Å². The van der Waals surface area contributed by atoms with Gasteiger partial charge in [-0.3, -0.25) is 23.4 Å². The highest BCUT2D eigenvalue weighted by Crippen LogP contribution is 2.43. The number of phosphoric acid groups is 1. The van der Waals surface area contributed by atoms with Crippen LogP contribution in [0.3, 0.4) is 0 Å². The van der Waals surface area contributed by atoms with Gasteiger partial charge in [-0.15, -0.1) is 0 Å². The molecule has 0 fully saturated rings. The van der Waals surface area contributed by atoms with E-state index in [4.69, 9.17) is 24.8 Å². The Hall–Kier alpha value is -2.30. The van der Waals surface area contributed by atoms with Crippen molar-refractivity contribution in [3.8, 4) is 0 Å². The van der Waals surface area contributed by atoms with Crippen molar-refractivity contribution in [1.82, 2.24) is 0 Å². The second-order valence-corrected chi connectivity index (χ2v) is 17.3. The fourth-order valence-corrected chi connectivity index (χ4v) is 7.21. The molecule has 0 amide bonds. The lowest BCUT2D eigenvalue weighted by atomic mass is 10.0. The van der Waals surface area contributed by atoms with Crippen molar-refractivity contribution >= 4 is 25.7 Å². The Morgan fingerprint density at radius 2 is 0.915 bits per heavy atom. The first-order chi connectivity index (χ1) is 28.6. The molecule has 0 aliphatic heterocycles. The number of unbranched alkanes of at least 4 members (excludes halogenated alkanes) is 24. The number of hydrogen-bond donors (Lipinski definition) is 3. The number of phosphoric ester groups is 1. The van der Waals surface area contributed by atoms with Crippen LogP contribution < -0.4 is 5.73 Å². The third-order valence-corrected chi connectivity index (χ3v) is 11.1. The molecule has 0 radical (unpaired) electrons. The first kappa shape index (κ1) is 56.7. The van der Waals surface area contributed by atoms with Crippen LogP contribution in [0.25, 0.3) is 0 Å². The Morgan fingerprint density at radius 3 is 1.39 bits per heavy atom. The highest BCUT2D eigenvalue weighted by molar-refractivity contribution is 7.47. The number of carbonyl (C=O) groups excluding carboxylic acids is 2. The van der Waals surface area contributed by atoms with Crippen molar-refractivity contribution in [2.24, 2.45) is 5.73 Å². The van der Waals surface area contributed by atoms with Crippen molar-refractivity contribution in [1.29, 1.82) is 0 Å². The van der Waals surface area contributed by atoms with E-state index in [0.717, 1.165) is 38.5 Å². The number of carboxylic acid groups (broad SMARTS) is 1. The van der Waals surface area contributed by atoms with Crippen LogP contribution in [0.1, 0.15) is 213 Å². The Labute approximate surface area is 359 Å². The van der Waals surface area contributed by atoms with Crippen LogP contribution in [0.5, 0.6) is 0 Å². The smallest absolute Gasteiger partial charge is 0.472 e. The molecule has 12 heteroatoms. The SMILES string of the molecule is CCCCCCCC/C=C/C/C=C/C/C=C/CCCC(=O)O[C@H](COC(=O)CCCCCCCCCCCCCCCCCCCC)COP(=O)(O)OC[C@H](N)C(=O)O. The Kier molecular flexibility index (Phi) is 40.7. The minimum atomic E-state index is -4.73. The summed E-state index contributed by atoms with van der Waals surface area (Å²) < 4.78 is 32.7. The van der Waals surface area contributed by atoms with Crippen LogP contribution in [-0.4, -0.2) is 59.9 Å². The number of ether oxygens (including phenoxy) is 2. The van der Waals surface area contributed by atoms with Crippen LogP contribution in [0.4, 0.5) is 0 Å². The van der Waals surface area contributed by atoms with Crippen molar-refractivity contribution < 1.29 is 47.5 Å². The maximum absolute atomic E-state index is 12.6. The average molecular weight is 856 g/mol. The Balaban J connectivity index is 4.37. The first-order valence-corrected chi connectivity index (χ1v) is 25.0. The van der Waals surface area contributed by atoms with E-state index in [-0.39, 0.29) is 19.4 Å². The molecule has 344 valence electrons. The van der Waals surface area contributed by atoms with Crippen molar-refractivity contribution in [3.63, 3.8) is 0 Å². The minimum Gasteiger partial charge on any atom is -0.480 e. The summed E-state index contributed by atoms with van der Waals surface area (Å²) in [6.45, 7) is 2.77. The van der Waals surface area contributed by atoms with E-state index in [1.165, 1.54) is 128 Å². The molecule has 0 aliphatic carbocycles.